The monoisotopic (exact) mass is 271 g/mol. The first-order valence-electron chi connectivity index (χ1n) is 7.33. The lowest BCUT2D eigenvalue weighted by atomic mass is 9.74. The topological polar surface area (TPSA) is 53.4 Å². The van der Waals surface area contributed by atoms with Crippen molar-refractivity contribution in [1.82, 2.24) is 4.98 Å². The Morgan fingerprint density at radius 1 is 1.25 bits per heavy atom. The van der Waals surface area contributed by atoms with Gasteiger partial charge in [-0.3, -0.25) is 4.98 Å². The molecule has 3 rings (SSSR count). The van der Waals surface area contributed by atoms with E-state index >= 15 is 0 Å². The predicted octanol–water partition coefficient (Wildman–Crippen LogP) is 3.21. The highest BCUT2D eigenvalue weighted by atomic mass is 16.3. The van der Waals surface area contributed by atoms with E-state index in [9.17, 15) is 10.2 Å². The zero-order valence-corrected chi connectivity index (χ0v) is 11.8. The molecule has 0 bridgehead atoms. The standard InChI is InChI=1S/C17H21NO2/c1-12-5-8-17(20,9-6-12)16(19)14-4-2-3-13-7-10-18-11-15(13)14/h2-4,7,10-12,16,19-20H,5-6,8-9H2,1H3. The molecule has 0 aliphatic heterocycles. The Bertz CT molecular complexity index is 597. The van der Waals surface area contributed by atoms with Gasteiger partial charge in [-0.15, -0.1) is 0 Å². The van der Waals surface area contributed by atoms with Gasteiger partial charge in [-0.2, -0.15) is 0 Å². The van der Waals surface area contributed by atoms with Crippen LogP contribution in [-0.4, -0.2) is 20.8 Å². The molecule has 3 heteroatoms. The molecule has 0 saturated heterocycles. The van der Waals surface area contributed by atoms with Crippen molar-refractivity contribution in [3.05, 3.63) is 42.2 Å². The number of hydrogen-bond acceptors (Lipinski definition) is 3. The van der Waals surface area contributed by atoms with Gasteiger partial charge < -0.3 is 10.2 Å². The molecule has 1 unspecified atom stereocenters. The van der Waals surface area contributed by atoms with Crippen molar-refractivity contribution in [2.24, 2.45) is 5.92 Å². The SMILES string of the molecule is CC1CCC(O)(C(O)c2cccc3ccncc23)CC1. The number of fused-ring (bicyclic) bond motifs is 1. The van der Waals surface area contributed by atoms with Crippen LogP contribution in [0.3, 0.4) is 0 Å². The lowest BCUT2D eigenvalue weighted by molar-refractivity contribution is -0.105. The Labute approximate surface area is 119 Å². The largest absolute Gasteiger partial charge is 0.387 e. The summed E-state index contributed by atoms with van der Waals surface area (Å²) in [7, 11) is 0. The molecule has 2 N–H and O–H groups in total. The molecule has 1 fully saturated rings. The maximum atomic E-state index is 10.8. The Morgan fingerprint density at radius 3 is 2.75 bits per heavy atom. The van der Waals surface area contributed by atoms with Crippen LogP contribution in [0.4, 0.5) is 0 Å². The van der Waals surface area contributed by atoms with Crippen molar-refractivity contribution in [1.29, 1.82) is 0 Å². The Balaban J connectivity index is 1.98. The summed E-state index contributed by atoms with van der Waals surface area (Å²) in [4.78, 5) is 4.14. The highest BCUT2D eigenvalue weighted by Crippen LogP contribution is 2.41. The van der Waals surface area contributed by atoms with Crippen LogP contribution in [0.5, 0.6) is 0 Å². The summed E-state index contributed by atoms with van der Waals surface area (Å²) in [5.41, 5.74) is -0.218. The Morgan fingerprint density at radius 2 is 2.00 bits per heavy atom. The molecule has 1 aliphatic carbocycles. The van der Waals surface area contributed by atoms with Crippen LogP contribution >= 0.6 is 0 Å². The minimum absolute atomic E-state index is 0.636. The Hall–Kier alpha value is -1.45. The van der Waals surface area contributed by atoms with Crippen LogP contribution in [-0.2, 0) is 0 Å². The van der Waals surface area contributed by atoms with Crippen molar-refractivity contribution in [2.75, 3.05) is 0 Å². The predicted molar refractivity (Wildman–Crippen MR) is 79.3 cm³/mol. The molecule has 3 nitrogen and oxygen atoms in total. The van der Waals surface area contributed by atoms with Gasteiger partial charge in [0.25, 0.3) is 0 Å². The van der Waals surface area contributed by atoms with Gasteiger partial charge in [-0.05, 0) is 48.6 Å². The van der Waals surface area contributed by atoms with Gasteiger partial charge in [-0.25, -0.2) is 0 Å². The fraction of sp³-hybridized carbons (Fsp3) is 0.471. The number of benzene rings is 1. The van der Waals surface area contributed by atoms with Crippen molar-refractivity contribution < 1.29 is 10.2 Å². The van der Waals surface area contributed by atoms with Crippen LogP contribution in [0.2, 0.25) is 0 Å². The van der Waals surface area contributed by atoms with E-state index in [2.05, 4.69) is 11.9 Å². The van der Waals surface area contributed by atoms with E-state index in [0.29, 0.717) is 18.8 Å². The summed E-state index contributed by atoms with van der Waals surface area (Å²) >= 11 is 0. The molecule has 2 aromatic rings. The van der Waals surface area contributed by atoms with Crippen LogP contribution in [0.25, 0.3) is 10.8 Å². The van der Waals surface area contributed by atoms with Crippen molar-refractivity contribution in [3.63, 3.8) is 0 Å². The molecule has 1 atom stereocenters. The number of aliphatic hydroxyl groups is 2. The van der Waals surface area contributed by atoms with Gasteiger partial charge in [-0.1, -0.05) is 25.1 Å². The fourth-order valence-corrected chi connectivity index (χ4v) is 3.20. The summed E-state index contributed by atoms with van der Waals surface area (Å²) in [5, 5.41) is 23.5. The first kappa shape index (κ1) is 13.5. The smallest absolute Gasteiger partial charge is 0.108 e. The van der Waals surface area contributed by atoms with Gasteiger partial charge in [0.05, 0.1) is 5.60 Å². The van der Waals surface area contributed by atoms with Crippen LogP contribution in [0, 0.1) is 5.92 Å². The van der Waals surface area contributed by atoms with Crippen molar-refractivity contribution >= 4 is 10.8 Å². The molecular weight excluding hydrogens is 250 g/mol. The number of rotatable bonds is 2. The number of hydrogen-bond donors (Lipinski definition) is 2. The third kappa shape index (κ3) is 2.32. The molecule has 0 spiro atoms. The second kappa shape index (κ2) is 5.15. The fourth-order valence-electron chi connectivity index (χ4n) is 3.20. The van der Waals surface area contributed by atoms with Gasteiger partial charge in [0.1, 0.15) is 6.10 Å². The van der Waals surface area contributed by atoms with Crippen molar-refractivity contribution in [2.45, 2.75) is 44.3 Å². The zero-order chi connectivity index (χ0) is 14.2. The van der Waals surface area contributed by atoms with Crippen LogP contribution in [0.15, 0.2) is 36.7 Å². The third-order valence-electron chi connectivity index (χ3n) is 4.66. The molecule has 1 saturated carbocycles. The first-order valence-corrected chi connectivity index (χ1v) is 7.33. The lowest BCUT2D eigenvalue weighted by Gasteiger charge is -2.39. The summed E-state index contributed by atoms with van der Waals surface area (Å²) in [5.74, 6) is 0.636. The summed E-state index contributed by atoms with van der Waals surface area (Å²) in [6.07, 6.45) is 5.92. The van der Waals surface area contributed by atoms with E-state index < -0.39 is 11.7 Å². The summed E-state index contributed by atoms with van der Waals surface area (Å²) < 4.78 is 0. The molecule has 1 aromatic heterocycles. The molecular formula is C17H21NO2. The number of nitrogens with zero attached hydrogens (tertiary/aromatic N) is 1. The number of aliphatic hydroxyl groups excluding tert-OH is 1. The number of aromatic nitrogens is 1. The third-order valence-corrected chi connectivity index (χ3v) is 4.66. The lowest BCUT2D eigenvalue weighted by Crippen LogP contribution is -2.40. The molecule has 0 amide bonds. The van der Waals surface area contributed by atoms with Crippen LogP contribution < -0.4 is 0 Å². The van der Waals surface area contributed by atoms with Gasteiger partial charge in [0.2, 0.25) is 0 Å². The molecule has 1 aromatic carbocycles. The van der Waals surface area contributed by atoms with Gasteiger partial charge in [0, 0.05) is 17.8 Å². The molecule has 1 aliphatic rings. The van der Waals surface area contributed by atoms with E-state index in [1.54, 1.807) is 12.4 Å². The van der Waals surface area contributed by atoms with E-state index in [4.69, 9.17) is 0 Å². The summed E-state index contributed by atoms with van der Waals surface area (Å²) in [6.45, 7) is 2.20. The quantitative estimate of drug-likeness (QED) is 0.882. The van der Waals surface area contributed by atoms with Gasteiger partial charge >= 0.3 is 0 Å². The molecule has 106 valence electrons. The van der Waals surface area contributed by atoms with E-state index in [0.717, 1.165) is 29.2 Å². The van der Waals surface area contributed by atoms with Crippen molar-refractivity contribution in [3.8, 4) is 0 Å². The summed E-state index contributed by atoms with van der Waals surface area (Å²) in [6, 6.07) is 7.75. The van der Waals surface area contributed by atoms with Crippen LogP contribution in [0.1, 0.15) is 44.3 Å². The van der Waals surface area contributed by atoms with E-state index in [1.165, 1.54) is 0 Å². The minimum atomic E-state index is -1.00. The van der Waals surface area contributed by atoms with E-state index in [-0.39, 0.29) is 0 Å². The normalized spacial score (nSPS) is 28.4. The first-order chi connectivity index (χ1) is 9.60. The van der Waals surface area contributed by atoms with E-state index in [1.807, 2.05) is 24.3 Å². The maximum Gasteiger partial charge on any atom is 0.108 e. The average molecular weight is 271 g/mol. The minimum Gasteiger partial charge on any atom is -0.387 e. The maximum absolute atomic E-state index is 10.8. The highest BCUT2D eigenvalue weighted by molar-refractivity contribution is 5.85. The highest BCUT2D eigenvalue weighted by Gasteiger charge is 2.39. The second-order valence-corrected chi connectivity index (χ2v) is 6.13. The molecule has 20 heavy (non-hydrogen) atoms. The van der Waals surface area contributed by atoms with Gasteiger partial charge in [0.15, 0.2) is 0 Å². The average Bonchev–Trinajstić information content (AvgIpc) is 2.49. The Kier molecular flexibility index (Phi) is 3.48. The zero-order valence-electron chi connectivity index (χ0n) is 11.8. The second-order valence-electron chi connectivity index (χ2n) is 6.13. The molecule has 1 heterocycles. The number of pyridine rings is 1. The molecule has 0 radical (unpaired) electrons.